The van der Waals surface area contributed by atoms with Crippen molar-refractivity contribution in [1.82, 2.24) is 0 Å². The van der Waals surface area contributed by atoms with Gasteiger partial charge in [-0.2, -0.15) is 0 Å². The lowest BCUT2D eigenvalue weighted by molar-refractivity contribution is 0.392. The maximum absolute atomic E-state index is 5.76. The number of nitrogens with two attached hydrogens (primary N) is 1. The molecule has 2 N–H and O–H groups in total. The number of ether oxygens (including phenoxy) is 2. The molecule has 0 aliphatic heterocycles. The molecule has 0 radical (unpaired) electrons. The highest BCUT2D eigenvalue weighted by Crippen LogP contribution is 2.37. The standard InChI is InChI=1S/C13H17NO2.ClH/c1-15-11-6-9-4-3-5-10(8-14)13(9)12(7-11)16-2;/h5-7H,3-4,8,14H2,1-2H3;1H. The molecule has 2 rings (SSSR count). The van der Waals surface area contributed by atoms with Gasteiger partial charge in [0.1, 0.15) is 11.5 Å². The van der Waals surface area contributed by atoms with Crippen LogP contribution in [0.3, 0.4) is 0 Å². The molecule has 0 spiro atoms. The number of fused-ring (bicyclic) bond motifs is 1. The van der Waals surface area contributed by atoms with E-state index >= 15 is 0 Å². The van der Waals surface area contributed by atoms with E-state index in [0.717, 1.165) is 29.9 Å². The quantitative estimate of drug-likeness (QED) is 0.902. The normalized spacial score (nSPS) is 13.2. The summed E-state index contributed by atoms with van der Waals surface area (Å²) < 4.78 is 10.7. The minimum Gasteiger partial charge on any atom is -0.497 e. The highest BCUT2D eigenvalue weighted by molar-refractivity contribution is 5.85. The van der Waals surface area contributed by atoms with Crippen molar-refractivity contribution in [3.63, 3.8) is 0 Å². The molecule has 1 aromatic carbocycles. The van der Waals surface area contributed by atoms with Gasteiger partial charge in [0, 0.05) is 18.2 Å². The monoisotopic (exact) mass is 255 g/mol. The lowest BCUT2D eigenvalue weighted by atomic mass is 9.90. The molecule has 1 aliphatic carbocycles. The van der Waals surface area contributed by atoms with Gasteiger partial charge in [-0.15, -0.1) is 12.4 Å². The van der Waals surface area contributed by atoms with Crippen LogP contribution in [0.5, 0.6) is 11.5 Å². The van der Waals surface area contributed by atoms with Crippen LogP contribution in [-0.2, 0) is 6.42 Å². The van der Waals surface area contributed by atoms with E-state index in [1.54, 1.807) is 14.2 Å². The first-order chi connectivity index (χ1) is 7.80. The topological polar surface area (TPSA) is 44.5 Å². The van der Waals surface area contributed by atoms with Crippen molar-refractivity contribution >= 4 is 18.0 Å². The van der Waals surface area contributed by atoms with E-state index in [1.165, 1.54) is 11.1 Å². The molecule has 0 unspecified atom stereocenters. The van der Waals surface area contributed by atoms with Gasteiger partial charge in [0.2, 0.25) is 0 Å². The molecular weight excluding hydrogens is 238 g/mol. The smallest absolute Gasteiger partial charge is 0.130 e. The number of hydrogen-bond acceptors (Lipinski definition) is 3. The minimum absolute atomic E-state index is 0. The average Bonchev–Trinajstić information content (AvgIpc) is 2.36. The van der Waals surface area contributed by atoms with Crippen molar-refractivity contribution in [3.05, 3.63) is 29.3 Å². The van der Waals surface area contributed by atoms with Gasteiger partial charge in [-0.1, -0.05) is 6.08 Å². The van der Waals surface area contributed by atoms with Crippen LogP contribution in [0.25, 0.3) is 5.57 Å². The third-order valence-electron chi connectivity index (χ3n) is 2.96. The van der Waals surface area contributed by atoms with Crippen molar-refractivity contribution in [2.75, 3.05) is 20.8 Å². The molecule has 1 aromatic rings. The second-order valence-electron chi connectivity index (χ2n) is 3.84. The summed E-state index contributed by atoms with van der Waals surface area (Å²) in [4.78, 5) is 0. The summed E-state index contributed by atoms with van der Waals surface area (Å²) in [5.74, 6) is 1.69. The van der Waals surface area contributed by atoms with E-state index in [-0.39, 0.29) is 12.4 Å². The van der Waals surface area contributed by atoms with E-state index in [1.807, 2.05) is 6.07 Å². The maximum atomic E-state index is 5.76. The lowest BCUT2D eigenvalue weighted by Gasteiger charge is -2.20. The number of rotatable bonds is 3. The van der Waals surface area contributed by atoms with Crippen molar-refractivity contribution in [3.8, 4) is 11.5 Å². The van der Waals surface area contributed by atoms with Crippen LogP contribution in [0.1, 0.15) is 17.5 Å². The van der Waals surface area contributed by atoms with Gasteiger partial charge < -0.3 is 15.2 Å². The Bertz CT molecular complexity index is 430. The fraction of sp³-hybridized carbons (Fsp3) is 0.385. The van der Waals surface area contributed by atoms with Gasteiger partial charge in [-0.3, -0.25) is 0 Å². The molecule has 0 amide bonds. The van der Waals surface area contributed by atoms with Crippen LogP contribution in [0.4, 0.5) is 0 Å². The SMILES string of the molecule is COc1cc2c(c(OC)c1)C(CN)=CCC2.Cl. The molecule has 3 nitrogen and oxygen atoms in total. The first-order valence-corrected chi connectivity index (χ1v) is 5.44. The number of hydrogen-bond donors (Lipinski definition) is 1. The van der Waals surface area contributed by atoms with Gasteiger partial charge in [0.05, 0.1) is 14.2 Å². The summed E-state index contributed by atoms with van der Waals surface area (Å²) in [7, 11) is 3.35. The second-order valence-corrected chi connectivity index (χ2v) is 3.84. The summed E-state index contributed by atoms with van der Waals surface area (Å²) in [6.07, 6.45) is 4.25. The molecule has 0 saturated heterocycles. The Balaban J connectivity index is 0.00000144. The van der Waals surface area contributed by atoms with E-state index in [0.29, 0.717) is 6.54 Å². The number of aryl methyl sites for hydroxylation is 1. The molecular formula is C13H18ClNO2. The molecule has 0 bridgehead atoms. The predicted octanol–water partition coefficient (Wildman–Crippen LogP) is 2.41. The molecule has 0 heterocycles. The van der Waals surface area contributed by atoms with Crippen LogP contribution in [0, 0.1) is 0 Å². The molecule has 17 heavy (non-hydrogen) atoms. The fourth-order valence-electron chi connectivity index (χ4n) is 2.18. The Hall–Kier alpha value is -1.19. The number of allylic oxidation sites excluding steroid dienone is 1. The lowest BCUT2D eigenvalue weighted by Crippen LogP contribution is -2.10. The Morgan fingerprint density at radius 3 is 2.59 bits per heavy atom. The third kappa shape index (κ3) is 2.56. The van der Waals surface area contributed by atoms with Crippen LogP contribution in [0.2, 0.25) is 0 Å². The average molecular weight is 256 g/mol. The van der Waals surface area contributed by atoms with Crippen molar-refractivity contribution in [1.29, 1.82) is 0 Å². The number of benzene rings is 1. The molecule has 1 aliphatic rings. The predicted molar refractivity (Wildman–Crippen MR) is 72.1 cm³/mol. The van der Waals surface area contributed by atoms with Gasteiger partial charge in [0.25, 0.3) is 0 Å². The highest BCUT2D eigenvalue weighted by atomic mass is 35.5. The van der Waals surface area contributed by atoms with Crippen molar-refractivity contribution in [2.24, 2.45) is 5.73 Å². The van der Waals surface area contributed by atoms with E-state index < -0.39 is 0 Å². The van der Waals surface area contributed by atoms with Gasteiger partial charge in [-0.25, -0.2) is 0 Å². The first kappa shape index (κ1) is 13.9. The fourth-order valence-corrected chi connectivity index (χ4v) is 2.18. The van der Waals surface area contributed by atoms with Crippen LogP contribution in [0.15, 0.2) is 18.2 Å². The Kier molecular flexibility index (Phi) is 4.85. The summed E-state index contributed by atoms with van der Waals surface area (Å²) in [6, 6.07) is 3.98. The van der Waals surface area contributed by atoms with Crippen molar-refractivity contribution < 1.29 is 9.47 Å². The molecule has 4 heteroatoms. The Labute approximate surface area is 108 Å². The summed E-state index contributed by atoms with van der Waals surface area (Å²) in [5, 5.41) is 0. The van der Waals surface area contributed by atoms with Crippen molar-refractivity contribution in [2.45, 2.75) is 12.8 Å². The second kappa shape index (κ2) is 5.94. The zero-order chi connectivity index (χ0) is 11.5. The Morgan fingerprint density at radius 2 is 2.00 bits per heavy atom. The third-order valence-corrected chi connectivity index (χ3v) is 2.96. The highest BCUT2D eigenvalue weighted by Gasteiger charge is 2.17. The van der Waals surface area contributed by atoms with E-state index in [4.69, 9.17) is 15.2 Å². The summed E-state index contributed by atoms with van der Waals surface area (Å²) in [5.41, 5.74) is 9.34. The van der Waals surface area contributed by atoms with Crippen LogP contribution in [-0.4, -0.2) is 20.8 Å². The largest absolute Gasteiger partial charge is 0.497 e. The maximum Gasteiger partial charge on any atom is 0.130 e. The van der Waals surface area contributed by atoms with Gasteiger partial charge >= 0.3 is 0 Å². The number of methoxy groups -OCH3 is 2. The van der Waals surface area contributed by atoms with Crippen LogP contribution >= 0.6 is 12.4 Å². The molecule has 0 saturated carbocycles. The zero-order valence-corrected chi connectivity index (χ0v) is 11.0. The number of halogens is 1. The van der Waals surface area contributed by atoms with Crippen LogP contribution < -0.4 is 15.2 Å². The Morgan fingerprint density at radius 1 is 1.24 bits per heavy atom. The molecule has 0 aromatic heterocycles. The molecule has 94 valence electrons. The summed E-state index contributed by atoms with van der Waals surface area (Å²) >= 11 is 0. The first-order valence-electron chi connectivity index (χ1n) is 5.44. The molecule has 0 fully saturated rings. The molecule has 0 atom stereocenters. The van der Waals surface area contributed by atoms with E-state index in [9.17, 15) is 0 Å². The van der Waals surface area contributed by atoms with Gasteiger partial charge in [-0.05, 0) is 30.0 Å². The zero-order valence-electron chi connectivity index (χ0n) is 10.2. The van der Waals surface area contributed by atoms with E-state index in [2.05, 4.69) is 12.1 Å². The summed E-state index contributed by atoms with van der Waals surface area (Å²) in [6.45, 7) is 0.551. The minimum atomic E-state index is 0. The van der Waals surface area contributed by atoms with Gasteiger partial charge in [0.15, 0.2) is 0 Å².